The quantitative estimate of drug-likeness (QED) is 0.602. The summed E-state index contributed by atoms with van der Waals surface area (Å²) in [5.41, 5.74) is 1.23. The summed E-state index contributed by atoms with van der Waals surface area (Å²) in [6.45, 7) is 0.0225. The standard InChI is InChI=1S/C11H7F2N/c12-8-6-14-9-4-2-1-3-7(9)5-10(14)11(8)13/h1-5H,6H2. The summed E-state index contributed by atoms with van der Waals surface area (Å²) >= 11 is 0. The molecule has 0 fully saturated rings. The number of nitrogens with zero attached hydrogens (tertiary/aromatic N) is 1. The first-order valence-corrected chi connectivity index (χ1v) is 4.40. The van der Waals surface area contributed by atoms with E-state index in [0.717, 1.165) is 10.9 Å². The maximum Gasteiger partial charge on any atom is 0.180 e. The fourth-order valence-electron chi connectivity index (χ4n) is 1.91. The topological polar surface area (TPSA) is 4.93 Å². The Morgan fingerprint density at radius 1 is 1.14 bits per heavy atom. The molecule has 1 aromatic heterocycles. The molecule has 3 rings (SSSR count). The molecule has 0 bridgehead atoms. The molecule has 0 atom stereocenters. The Labute approximate surface area is 79.3 Å². The lowest BCUT2D eigenvalue weighted by Crippen LogP contribution is -1.92. The number of rotatable bonds is 0. The average Bonchev–Trinajstić information content (AvgIpc) is 2.67. The monoisotopic (exact) mass is 191 g/mol. The highest BCUT2D eigenvalue weighted by molar-refractivity contribution is 5.86. The van der Waals surface area contributed by atoms with Gasteiger partial charge in [-0.25, -0.2) is 8.78 Å². The lowest BCUT2D eigenvalue weighted by molar-refractivity contribution is 0.569. The van der Waals surface area contributed by atoms with E-state index in [4.69, 9.17) is 0 Å². The van der Waals surface area contributed by atoms with Gasteiger partial charge in [0.2, 0.25) is 0 Å². The van der Waals surface area contributed by atoms with Crippen LogP contribution in [0.15, 0.2) is 36.2 Å². The minimum Gasteiger partial charge on any atom is -0.332 e. The van der Waals surface area contributed by atoms with Crippen LogP contribution in [0.1, 0.15) is 5.69 Å². The van der Waals surface area contributed by atoms with Crippen molar-refractivity contribution in [1.29, 1.82) is 0 Å². The van der Waals surface area contributed by atoms with Crippen molar-refractivity contribution in [3.63, 3.8) is 0 Å². The minimum absolute atomic E-state index is 0.0225. The molecule has 0 unspecified atom stereocenters. The van der Waals surface area contributed by atoms with Gasteiger partial charge in [-0.15, -0.1) is 0 Å². The second kappa shape index (κ2) is 2.44. The summed E-state index contributed by atoms with van der Waals surface area (Å²) in [5, 5.41) is 0.949. The number of hydrogen-bond donors (Lipinski definition) is 0. The fourth-order valence-corrected chi connectivity index (χ4v) is 1.91. The van der Waals surface area contributed by atoms with Crippen LogP contribution >= 0.6 is 0 Å². The highest BCUT2D eigenvalue weighted by Gasteiger charge is 2.23. The lowest BCUT2D eigenvalue weighted by Gasteiger charge is -1.98. The van der Waals surface area contributed by atoms with Crippen molar-refractivity contribution in [2.45, 2.75) is 6.54 Å². The first-order chi connectivity index (χ1) is 6.77. The molecular formula is C11H7F2N. The van der Waals surface area contributed by atoms with E-state index in [1.54, 1.807) is 10.6 Å². The Hall–Kier alpha value is -1.64. The second-order valence-electron chi connectivity index (χ2n) is 3.39. The Morgan fingerprint density at radius 3 is 2.79 bits per heavy atom. The van der Waals surface area contributed by atoms with E-state index >= 15 is 0 Å². The van der Waals surface area contributed by atoms with Crippen LogP contribution in [0.5, 0.6) is 0 Å². The van der Waals surface area contributed by atoms with Crippen molar-refractivity contribution in [2.75, 3.05) is 0 Å². The summed E-state index contributed by atoms with van der Waals surface area (Å²) in [7, 11) is 0. The van der Waals surface area contributed by atoms with Crippen molar-refractivity contribution < 1.29 is 8.78 Å². The zero-order valence-corrected chi connectivity index (χ0v) is 7.30. The molecule has 2 aromatic rings. The van der Waals surface area contributed by atoms with Crippen LogP contribution in [0.2, 0.25) is 0 Å². The zero-order chi connectivity index (χ0) is 9.71. The highest BCUT2D eigenvalue weighted by Crippen LogP contribution is 2.34. The third-order valence-electron chi connectivity index (χ3n) is 2.57. The third-order valence-corrected chi connectivity index (χ3v) is 2.57. The van der Waals surface area contributed by atoms with Crippen LogP contribution in [0, 0.1) is 0 Å². The van der Waals surface area contributed by atoms with Crippen LogP contribution in [-0.2, 0) is 6.54 Å². The average molecular weight is 191 g/mol. The van der Waals surface area contributed by atoms with Crippen LogP contribution in [0.4, 0.5) is 8.78 Å². The predicted molar refractivity (Wildman–Crippen MR) is 51.1 cm³/mol. The molecule has 0 amide bonds. The van der Waals surface area contributed by atoms with E-state index in [2.05, 4.69) is 0 Å². The lowest BCUT2D eigenvalue weighted by atomic mass is 10.2. The molecule has 0 N–H and O–H groups in total. The van der Waals surface area contributed by atoms with Gasteiger partial charge in [-0.3, -0.25) is 0 Å². The fraction of sp³-hybridized carbons (Fsp3) is 0.0909. The Kier molecular flexibility index (Phi) is 1.35. The van der Waals surface area contributed by atoms with E-state index in [1.807, 2.05) is 24.3 Å². The molecule has 1 aliphatic rings. The van der Waals surface area contributed by atoms with Crippen molar-refractivity contribution in [3.8, 4) is 0 Å². The molecular weight excluding hydrogens is 184 g/mol. The Morgan fingerprint density at radius 2 is 1.93 bits per heavy atom. The predicted octanol–water partition coefficient (Wildman–Crippen LogP) is 3.26. The van der Waals surface area contributed by atoms with Gasteiger partial charge in [-0.1, -0.05) is 18.2 Å². The SMILES string of the molecule is FC1=C(F)c2cc3ccccc3n2C1. The normalized spacial score (nSPS) is 15.3. The second-order valence-corrected chi connectivity index (χ2v) is 3.39. The molecule has 0 saturated heterocycles. The van der Waals surface area contributed by atoms with Crippen molar-refractivity contribution >= 4 is 16.7 Å². The number of allylic oxidation sites excluding steroid dienone is 1. The van der Waals surface area contributed by atoms with Gasteiger partial charge >= 0.3 is 0 Å². The zero-order valence-electron chi connectivity index (χ0n) is 7.30. The number of para-hydroxylation sites is 1. The van der Waals surface area contributed by atoms with Gasteiger partial charge in [0.15, 0.2) is 11.7 Å². The van der Waals surface area contributed by atoms with Crippen LogP contribution < -0.4 is 0 Å². The van der Waals surface area contributed by atoms with E-state index in [0.29, 0.717) is 5.69 Å². The van der Waals surface area contributed by atoms with Gasteiger partial charge in [-0.05, 0) is 12.1 Å². The number of benzene rings is 1. The molecule has 14 heavy (non-hydrogen) atoms. The van der Waals surface area contributed by atoms with Crippen molar-refractivity contribution in [2.24, 2.45) is 0 Å². The summed E-state index contributed by atoms with van der Waals surface area (Å²) < 4.78 is 27.8. The number of halogens is 2. The molecule has 0 spiro atoms. The third kappa shape index (κ3) is 0.816. The van der Waals surface area contributed by atoms with Crippen LogP contribution in [0.3, 0.4) is 0 Å². The van der Waals surface area contributed by atoms with E-state index < -0.39 is 11.7 Å². The maximum absolute atomic E-state index is 13.2. The van der Waals surface area contributed by atoms with Gasteiger partial charge in [-0.2, -0.15) is 0 Å². The van der Waals surface area contributed by atoms with Crippen molar-refractivity contribution in [1.82, 2.24) is 4.57 Å². The largest absolute Gasteiger partial charge is 0.332 e. The number of hydrogen-bond acceptors (Lipinski definition) is 0. The summed E-state index contributed by atoms with van der Waals surface area (Å²) in [6.07, 6.45) is 0. The molecule has 1 nitrogen and oxygen atoms in total. The van der Waals surface area contributed by atoms with Gasteiger partial charge < -0.3 is 4.57 Å². The molecule has 1 aromatic carbocycles. The van der Waals surface area contributed by atoms with Crippen molar-refractivity contribution in [3.05, 3.63) is 41.9 Å². The summed E-state index contributed by atoms with van der Waals surface area (Å²) in [5.74, 6) is -1.40. The van der Waals surface area contributed by atoms with Gasteiger partial charge in [0.1, 0.15) is 0 Å². The van der Waals surface area contributed by atoms with Crippen LogP contribution in [-0.4, -0.2) is 4.57 Å². The minimum atomic E-state index is -0.721. The smallest absolute Gasteiger partial charge is 0.180 e. The van der Waals surface area contributed by atoms with Gasteiger partial charge in [0, 0.05) is 10.9 Å². The molecule has 70 valence electrons. The van der Waals surface area contributed by atoms with E-state index in [-0.39, 0.29) is 6.54 Å². The van der Waals surface area contributed by atoms with Gasteiger partial charge in [0.05, 0.1) is 12.2 Å². The Balaban J connectivity index is 2.39. The maximum atomic E-state index is 13.2. The molecule has 0 aliphatic carbocycles. The first-order valence-electron chi connectivity index (χ1n) is 4.40. The molecule has 0 radical (unpaired) electrons. The summed E-state index contributed by atoms with van der Waals surface area (Å²) in [6, 6.07) is 9.19. The van der Waals surface area contributed by atoms with E-state index in [9.17, 15) is 8.78 Å². The number of fused-ring (bicyclic) bond motifs is 3. The molecule has 2 heterocycles. The molecule has 0 saturated carbocycles. The first kappa shape index (κ1) is 7.74. The van der Waals surface area contributed by atoms with Gasteiger partial charge in [0.25, 0.3) is 0 Å². The summed E-state index contributed by atoms with van der Waals surface area (Å²) in [4.78, 5) is 0. The molecule has 1 aliphatic heterocycles. The number of aromatic nitrogens is 1. The molecule has 3 heteroatoms. The van der Waals surface area contributed by atoms with E-state index in [1.165, 1.54) is 0 Å². The Bertz CT molecular complexity index is 551. The highest BCUT2D eigenvalue weighted by atomic mass is 19.2. The van der Waals surface area contributed by atoms with Crippen LogP contribution in [0.25, 0.3) is 16.7 Å².